The Hall–Kier alpha value is -2.17. The summed E-state index contributed by atoms with van der Waals surface area (Å²) >= 11 is 0. The minimum absolute atomic E-state index is 0.139. The topological polar surface area (TPSA) is 74.7 Å². The van der Waals surface area contributed by atoms with Crippen molar-refractivity contribution in [1.82, 2.24) is 4.90 Å². The van der Waals surface area contributed by atoms with Crippen LogP contribution in [0.25, 0.3) is 0 Å². The van der Waals surface area contributed by atoms with Crippen LogP contribution in [0.4, 0.5) is 0 Å². The van der Waals surface area contributed by atoms with Gasteiger partial charge in [-0.15, -0.1) is 0 Å². The molecule has 0 radical (unpaired) electrons. The van der Waals surface area contributed by atoms with E-state index in [-0.39, 0.29) is 24.8 Å². The highest BCUT2D eigenvalue weighted by Gasteiger charge is 2.35. The molecule has 5 nitrogen and oxygen atoms in total. The minimum atomic E-state index is -0.924. The van der Waals surface area contributed by atoms with Crippen molar-refractivity contribution < 1.29 is 19.5 Å². The highest BCUT2D eigenvalue weighted by atomic mass is 16.4. The van der Waals surface area contributed by atoms with Crippen LogP contribution in [0, 0.1) is 5.92 Å². The van der Waals surface area contributed by atoms with Crippen molar-refractivity contribution in [3.63, 3.8) is 0 Å². The van der Waals surface area contributed by atoms with Gasteiger partial charge in [0.15, 0.2) is 0 Å². The van der Waals surface area contributed by atoms with Crippen LogP contribution in [0.2, 0.25) is 0 Å². The molecule has 1 unspecified atom stereocenters. The van der Waals surface area contributed by atoms with Crippen LogP contribution in [0.1, 0.15) is 34.1 Å². The number of aliphatic carboxylic acids is 1. The molecule has 0 aromatic heterocycles. The molecular formula is C13H13NO4. The molecule has 1 N–H and O–H groups in total. The third kappa shape index (κ3) is 1.99. The molecule has 94 valence electrons. The number of amides is 2. The molecule has 0 spiro atoms. The maximum atomic E-state index is 11.9. The van der Waals surface area contributed by atoms with Gasteiger partial charge in [-0.05, 0) is 18.6 Å². The van der Waals surface area contributed by atoms with E-state index in [1.165, 1.54) is 0 Å². The van der Waals surface area contributed by atoms with Gasteiger partial charge in [0.2, 0.25) is 0 Å². The highest BCUT2D eigenvalue weighted by molar-refractivity contribution is 6.21. The first kappa shape index (κ1) is 12.3. The van der Waals surface area contributed by atoms with Crippen molar-refractivity contribution in [3.8, 4) is 0 Å². The van der Waals surface area contributed by atoms with E-state index in [9.17, 15) is 14.4 Å². The molecular weight excluding hydrogens is 234 g/mol. The predicted molar refractivity (Wildman–Crippen MR) is 63.2 cm³/mol. The van der Waals surface area contributed by atoms with E-state index in [1.807, 2.05) is 0 Å². The molecule has 0 fully saturated rings. The Morgan fingerprint density at radius 1 is 1.22 bits per heavy atom. The number of carboxylic acids is 1. The number of benzene rings is 1. The molecule has 0 saturated carbocycles. The van der Waals surface area contributed by atoms with E-state index in [2.05, 4.69) is 0 Å². The summed E-state index contributed by atoms with van der Waals surface area (Å²) in [5.41, 5.74) is 0.788. The number of carboxylic acid groups (broad SMARTS) is 1. The molecule has 2 rings (SSSR count). The number of nitrogens with zero attached hydrogens (tertiary/aromatic N) is 1. The molecule has 1 atom stereocenters. The Bertz CT molecular complexity index is 488. The Labute approximate surface area is 104 Å². The molecule has 2 amide bonds. The molecule has 1 aromatic rings. The maximum Gasteiger partial charge on any atom is 0.306 e. The van der Waals surface area contributed by atoms with E-state index in [4.69, 9.17) is 5.11 Å². The summed E-state index contributed by atoms with van der Waals surface area (Å²) in [4.78, 5) is 35.7. The summed E-state index contributed by atoms with van der Waals surface area (Å²) < 4.78 is 0. The third-order valence-electron chi connectivity index (χ3n) is 3.09. The van der Waals surface area contributed by atoms with Gasteiger partial charge in [0.05, 0.1) is 17.0 Å². The molecule has 1 aliphatic heterocycles. The lowest BCUT2D eigenvalue weighted by Gasteiger charge is -2.15. The quantitative estimate of drug-likeness (QED) is 0.816. The number of carbonyl (C=O) groups is 3. The summed E-state index contributed by atoms with van der Waals surface area (Å²) in [7, 11) is 0. The van der Waals surface area contributed by atoms with Crippen LogP contribution in [0.15, 0.2) is 24.3 Å². The van der Waals surface area contributed by atoms with Crippen LogP contribution < -0.4 is 0 Å². The molecule has 18 heavy (non-hydrogen) atoms. The fraction of sp³-hybridized carbons (Fsp3) is 0.308. The second kappa shape index (κ2) is 4.60. The van der Waals surface area contributed by atoms with Gasteiger partial charge in [-0.25, -0.2) is 0 Å². The molecule has 1 heterocycles. The van der Waals surface area contributed by atoms with Gasteiger partial charge >= 0.3 is 5.97 Å². The first-order chi connectivity index (χ1) is 8.52. The molecule has 1 aromatic carbocycles. The zero-order valence-corrected chi connectivity index (χ0v) is 9.92. The number of carbonyl (C=O) groups excluding carboxylic acids is 2. The first-order valence-corrected chi connectivity index (χ1v) is 5.70. The van der Waals surface area contributed by atoms with Gasteiger partial charge in [0.1, 0.15) is 0 Å². The summed E-state index contributed by atoms with van der Waals surface area (Å²) in [6.07, 6.45) is 0.265. The zero-order valence-electron chi connectivity index (χ0n) is 9.92. The van der Waals surface area contributed by atoms with Crippen molar-refractivity contribution in [1.29, 1.82) is 0 Å². The van der Waals surface area contributed by atoms with Crippen molar-refractivity contribution in [2.24, 2.45) is 5.92 Å². The predicted octanol–water partition coefficient (Wildman–Crippen LogP) is 1.39. The SMILES string of the molecule is CC(CCN1C(=O)c2ccccc2C1=O)C(=O)O. The first-order valence-electron chi connectivity index (χ1n) is 5.70. The standard InChI is InChI=1S/C13H13NO4/c1-8(13(17)18)6-7-14-11(15)9-4-2-3-5-10(9)12(14)16/h2-5,8H,6-7H2,1H3,(H,17,18). The van der Waals surface area contributed by atoms with Crippen molar-refractivity contribution in [2.45, 2.75) is 13.3 Å². The van der Waals surface area contributed by atoms with E-state index in [0.29, 0.717) is 11.1 Å². The van der Waals surface area contributed by atoms with Crippen LogP contribution in [0.3, 0.4) is 0 Å². The minimum Gasteiger partial charge on any atom is -0.481 e. The normalized spacial score (nSPS) is 15.7. The summed E-state index contributed by atoms with van der Waals surface area (Å²) in [6, 6.07) is 6.62. The number of imide groups is 1. The smallest absolute Gasteiger partial charge is 0.306 e. The van der Waals surface area contributed by atoms with E-state index >= 15 is 0 Å². The van der Waals surface area contributed by atoms with E-state index in [1.54, 1.807) is 31.2 Å². The maximum absolute atomic E-state index is 11.9. The average Bonchev–Trinajstić information content (AvgIpc) is 2.60. The number of hydrogen-bond donors (Lipinski definition) is 1. The number of hydrogen-bond acceptors (Lipinski definition) is 3. The van der Waals surface area contributed by atoms with Crippen LogP contribution in [-0.2, 0) is 4.79 Å². The van der Waals surface area contributed by atoms with Gasteiger partial charge in [0, 0.05) is 6.54 Å². The van der Waals surface area contributed by atoms with E-state index < -0.39 is 11.9 Å². The Balaban J connectivity index is 2.12. The Morgan fingerprint density at radius 2 is 1.72 bits per heavy atom. The average molecular weight is 247 g/mol. The van der Waals surface area contributed by atoms with Crippen LogP contribution >= 0.6 is 0 Å². The number of fused-ring (bicyclic) bond motifs is 1. The van der Waals surface area contributed by atoms with Crippen molar-refractivity contribution >= 4 is 17.8 Å². The Kier molecular flexibility index (Phi) is 3.14. The lowest BCUT2D eigenvalue weighted by Crippen LogP contribution is -2.32. The lowest BCUT2D eigenvalue weighted by molar-refractivity contribution is -0.141. The number of rotatable bonds is 4. The van der Waals surface area contributed by atoms with Crippen LogP contribution in [-0.4, -0.2) is 34.3 Å². The van der Waals surface area contributed by atoms with Gasteiger partial charge in [-0.1, -0.05) is 19.1 Å². The van der Waals surface area contributed by atoms with E-state index in [0.717, 1.165) is 4.90 Å². The summed E-state index contributed by atoms with van der Waals surface area (Å²) in [5, 5.41) is 8.77. The van der Waals surface area contributed by atoms with Crippen molar-refractivity contribution in [2.75, 3.05) is 6.54 Å². The molecule has 5 heteroatoms. The Morgan fingerprint density at radius 3 is 2.17 bits per heavy atom. The largest absolute Gasteiger partial charge is 0.481 e. The molecule has 0 saturated heterocycles. The van der Waals surface area contributed by atoms with Crippen molar-refractivity contribution in [3.05, 3.63) is 35.4 Å². The van der Waals surface area contributed by atoms with Gasteiger partial charge in [-0.2, -0.15) is 0 Å². The second-order valence-corrected chi connectivity index (χ2v) is 4.34. The fourth-order valence-electron chi connectivity index (χ4n) is 1.89. The fourth-order valence-corrected chi connectivity index (χ4v) is 1.89. The van der Waals surface area contributed by atoms with Crippen LogP contribution in [0.5, 0.6) is 0 Å². The monoisotopic (exact) mass is 247 g/mol. The van der Waals surface area contributed by atoms with Gasteiger partial charge in [-0.3, -0.25) is 19.3 Å². The molecule has 0 bridgehead atoms. The lowest BCUT2D eigenvalue weighted by atomic mass is 10.1. The summed E-state index contributed by atoms with van der Waals surface area (Å²) in [5.74, 6) is -2.18. The van der Waals surface area contributed by atoms with Gasteiger partial charge in [0.25, 0.3) is 11.8 Å². The highest BCUT2D eigenvalue weighted by Crippen LogP contribution is 2.23. The second-order valence-electron chi connectivity index (χ2n) is 4.34. The van der Waals surface area contributed by atoms with Gasteiger partial charge < -0.3 is 5.11 Å². The third-order valence-corrected chi connectivity index (χ3v) is 3.09. The molecule has 0 aliphatic carbocycles. The zero-order chi connectivity index (χ0) is 13.3. The molecule has 1 aliphatic rings. The summed E-state index contributed by atoms with van der Waals surface area (Å²) in [6.45, 7) is 1.69.